The minimum absolute atomic E-state index is 0.0686. The molecule has 0 fully saturated rings. The van der Waals surface area contributed by atoms with E-state index in [-0.39, 0.29) is 23.4 Å². The molecule has 1 aliphatic heterocycles. The highest BCUT2D eigenvalue weighted by Crippen LogP contribution is 2.37. The second kappa shape index (κ2) is 9.45. The fourth-order valence-electron chi connectivity index (χ4n) is 3.79. The summed E-state index contributed by atoms with van der Waals surface area (Å²) in [7, 11) is 0. The molecule has 2 N–H and O–H groups in total. The van der Waals surface area contributed by atoms with Crippen LogP contribution in [0.25, 0.3) is 0 Å². The maximum Gasteiger partial charge on any atom is 0.353 e. The van der Waals surface area contributed by atoms with Gasteiger partial charge in [-0.05, 0) is 23.3 Å². The molecule has 0 saturated heterocycles. The Morgan fingerprint density at radius 1 is 0.824 bits per heavy atom. The Balaban J connectivity index is 1.51. The van der Waals surface area contributed by atoms with Crippen LogP contribution in [0.4, 0.5) is 23.0 Å². The predicted octanol–water partition coefficient (Wildman–Crippen LogP) is 5.10. The van der Waals surface area contributed by atoms with Crippen molar-refractivity contribution in [2.45, 2.75) is 6.04 Å². The molecule has 9 nitrogen and oxygen atoms in total. The number of hydrogen-bond acceptors (Lipinski definition) is 8. The number of fused-ring (bicyclic) bond motifs is 1. The van der Waals surface area contributed by atoms with E-state index in [1.165, 1.54) is 6.33 Å². The molecule has 0 saturated carbocycles. The van der Waals surface area contributed by atoms with Gasteiger partial charge in [-0.2, -0.15) is 0 Å². The number of hydrogen-bond donors (Lipinski definition) is 2. The Bertz CT molecular complexity index is 1260. The standard InChI is InChI=1S/C25H21N5O4/c31-30(32)23-24(28-19-11-12-20-21(15-19)34-14-13-33-20)26-16-27-25(23)29-22(17-7-3-1-4-8-17)18-9-5-2-6-10-18/h1-12,15-16,22H,13-14H2,(H2,26,27,28,29). The molecule has 5 rings (SSSR count). The van der Waals surface area contributed by atoms with Crippen LogP contribution in [0, 0.1) is 10.1 Å². The van der Waals surface area contributed by atoms with Gasteiger partial charge in [0.2, 0.25) is 11.6 Å². The zero-order chi connectivity index (χ0) is 23.3. The van der Waals surface area contributed by atoms with Crippen LogP contribution in [0.1, 0.15) is 17.2 Å². The summed E-state index contributed by atoms with van der Waals surface area (Å²) in [6, 6.07) is 24.3. The highest BCUT2D eigenvalue weighted by molar-refractivity contribution is 5.75. The molecule has 0 spiro atoms. The van der Waals surface area contributed by atoms with Crippen LogP contribution >= 0.6 is 0 Å². The van der Waals surface area contributed by atoms with Crippen molar-refractivity contribution < 1.29 is 14.4 Å². The maximum absolute atomic E-state index is 12.1. The van der Waals surface area contributed by atoms with Gasteiger partial charge in [0.25, 0.3) is 0 Å². The molecule has 170 valence electrons. The van der Waals surface area contributed by atoms with Gasteiger partial charge < -0.3 is 20.1 Å². The number of rotatable bonds is 7. The van der Waals surface area contributed by atoms with Gasteiger partial charge in [0.1, 0.15) is 19.5 Å². The van der Waals surface area contributed by atoms with Gasteiger partial charge in [0, 0.05) is 11.8 Å². The van der Waals surface area contributed by atoms with E-state index in [1.807, 2.05) is 60.7 Å². The lowest BCUT2D eigenvalue weighted by atomic mass is 9.99. The fourth-order valence-corrected chi connectivity index (χ4v) is 3.79. The maximum atomic E-state index is 12.1. The van der Waals surface area contributed by atoms with Crippen molar-refractivity contribution in [2.75, 3.05) is 23.8 Å². The van der Waals surface area contributed by atoms with E-state index in [1.54, 1.807) is 18.2 Å². The Kier molecular flexibility index (Phi) is 5.89. The first-order valence-electron chi connectivity index (χ1n) is 10.7. The first kappa shape index (κ1) is 21.2. The number of anilines is 3. The van der Waals surface area contributed by atoms with Crippen molar-refractivity contribution >= 4 is 23.0 Å². The zero-order valence-electron chi connectivity index (χ0n) is 18.0. The van der Waals surface area contributed by atoms with Crippen molar-refractivity contribution in [1.29, 1.82) is 0 Å². The highest BCUT2D eigenvalue weighted by atomic mass is 16.6. The molecule has 0 bridgehead atoms. The smallest absolute Gasteiger partial charge is 0.353 e. The molecule has 2 heterocycles. The Hall–Kier alpha value is -4.66. The third-order valence-electron chi connectivity index (χ3n) is 5.36. The van der Waals surface area contributed by atoms with Crippen molar-refractivity contribution in [2.24, 2.45) is 0 Å². The third-order valence-corrected chi connectivity index (χ3v) is 5.36. The molecule has 9 heteroatoms. The summed E-state index contributed by atoms with van der Waals surface area (Å²) < 4.78 is 11.2. The summed E-state index contributed by atoms with van der Waals surface area (Å²) >= 11 is 0. The van der Waals surface area contributed by atoms with E-state index < -0.39 is 4.92 Å². The van der Waals surface area contributed by atoms with Gasteiger partial charge in [-0.15, -0.1) is 0 Å². The first-order valence-corrected chi connectivity index (χ1v) is 10.7. The molecule has 1 aliphatic rings. The minimum Gasteiger partial charge on any atom is -0.486 e. The Labute approximate surface area is 195 Å². The summed E-state index contributed by atoms with van der Waals surface area (Å²) in [5.41, 5.74) is 2.22. The molecule has 0 aliphatic carbocycles. The molecular formula is C25H21N5O4. The van der Waals surface area contributed by atoms with E-state index >= 15 is 0 Å². The Morgan fingerprint density at radius 2 is 1.44 bits per heavy atom. The van der Waals surface area contributed by atoms with Gasteiger partial charge in [0.15, 0.2) is 11.5 Å². The lowest BCUT2D eigenvalue weighted by molar-refractivity contribution is -0.383. The molecular weight excluding hydrogens is 434 g/mol. The number of aromatic nitrogens is 2. The van der Waals surface area contributed by atoms with Crippen molar-refractivity contribution in [3.05, 3.63) is 106 Å². The van der Waals surface area contributed by atoms with E-state index in [0.717, 1.165) is 11.1 Å². The van der Waals surface area contributed by atoms with Gasteiger partial charge in [-0.1, -0.05) is 60.7 Å². The second-order valence-electron chi connectivity index (χ2n) is 7.56. The number of ether oxygens (including phenoxy) is 2. The number of nitrogens with zero attached hydrogens (tertiary/aromatic N) is 3. The topological polar surface area (TPSA) is 111 Å². The summed E-state index contributed by atoms with van der Waals surface area (Å²) in [6.45, 7) is 0.925. The molecule has 34 heavy (non-hydrogen) atoms. The molecule has 1 aromatic heterocycles. The summed E-state index contributed by atoms with van der Waals surface area (Å²) in [5, 5.41) is 18.4. The first-order chi connectivity index (χ1) is 16.7. The Morgan fingerprint density at radius 3 is 2.09 bits per heavy atom. The van der Waals surface area contributed by atoms with Gasteiger partial charge >= 0.3 is 5.69 Å². The van der Waals surface area contributed by atoms with Crippen LogP contribution in [0.15, 0.2) is 85.2 Å². The quantitative estimate of drug-likeness (QED) is 0.292. The van der Waals surface area contributed by atoms with Crippen LogP contribution in [0.2, 0.25) is 0 Å². The van der Waals surface area contributed by atoms with E-state index in [4.69, 9.17) is 9.47 Å². The van der Waals surface area contributed by atoms with Crippen LogP contribution in [-0.4, -0.2) is 28.1 Å². The van der Waals surface area contributed by atoms with Crippen LogP contribution in [-0.2, 0) is 0 Å². The summed E-state index contributed by atoms with van der Waals surface area (Å²) in [5.74, 6) is 1.38. The van der Waals surface area contributed by atoms with Crippen molar-refractivity contribution in [1.82, 2.24) is 9.97 Å². The molecule has 0 unspecified atom stereocenters. The van der Waals surface area contributed by atoms with Gasteiger partial charge in [-0.25, -0.2) is 9.97 Å². The van der Waals surface area contributed by atoms with Gasteiger partial charge in [0.05, 0.1) is 11.0 Å². The molecule has 4 aromatic rings. The van der Waals surface area contributed by atoms with Gasteiger partial charge in [-0.3, -0.25) is 10.1 Å². The summed E-state index contributed by atoms with van der Waals surface area (Å²) in [6.07, 6.45) is 1.29. The highest BCUT2D eigenvalue weighted by Gasteiger charge is 2.26. The number of nitro groups is 1. The van der Waals surface area contributed by atoms with E-state index in [2.05, 4.69) is 20.6 Å². The monoisotopic (exact) mass is 455 g/mol. The molecule has 0 radical (unpaired) electrons. The minimum atomic E-state index is -0.490. The summed E-state index contributed by atoms with van der Waals surface area (Å²) in [4.78, 5) is 20.0. The van der Waals surface area contributed by atoms with E-state index in [9.17, 15) is 10.1 Å². The van der Waals surface area contributed by atoms with E-state index in [0.29, 0.717) is 30.4 Å². The van der Waals surface area contributed by atoms with Crippen LogP contribution in [0.5, 0.6) is 11.5 Å². The third kappa shape index (κ3) is 4.44. The van der Waals surface area contributed by atoms with Crippen LogP contribution in [0.3, 0.4) is 0 Å². The van der Waals surface area contributed by atoms with Crippen molar-refractivity contribution in [3.8, 4) is 11.5 Å². The van der Waals surface area contributed by atoms with Crippen LogP contribution < -0.4 is 20.1 Å². The second-order valence-corrected chi connectivity index (χ2v) is 7.56. The average molecular weight is 455 g/mol. The SMILES string of the molecule is O=[N+]([O-])c1c(Nc2ccc3c(c2)OCCO3)ncnc1NC(c1ccccc1)c1ccccc1. The lowest BCUT2D eigenvalue weighted by Gasteiger charge is -2.21. The fraction of sp³-hybridized carbons (Fsp3) is 0.120. The number of benzene rings is 3. The zero-order valence-corrected chi connectivity index (χ0v) is 18.0. The lowest BCUT2D eigenvalue weighted by Crippen LogP contribution is -2.16. The average Bonchev–Trinajstić information content (AvgIpc) is 2.88. The predicted molar refractivity (Wildman–Crippen MR) is 128 cm³/mol. The van der Waals surface area contributed by atoms with Crippen molar-refractivity contribution in [3.63, 3.8) is 0 Å². The normalized spacial score (nSPS) is 12.3. The largest absolute Gasteiger partial charge is 0.486 e. The molecule has 0 atom stereocenters. The number of nitrogens with one attached hydrogen (secondary N) is 2. The molecule has 3 aromatic carbocycles. The molecule has 0 amide bonds.